The molecule has 0 aliphatic heterocycles. The lowest BCUT2D eigenvalue weighted by Gasteiger charge is -2.57. The first-order valence-electron chi connectivity index (χ1n) is 13.6. The number of halogens is 1. The monoisotopic (exact) mass is 548 g/mol. The number of carbonyl (C=O) groups is 1. The third kappa shape index (κ3) is 4.46. The summed E-state index contributed by atoms with van der Waals surface area (Å²) in [5, 5.41) is 8.29. The zero-order valence-corrected chi connectivity index (χ0v) is 22.6. The minimum Gasteiger partial charge on any atom is -0.399 e. The van der Waals surface area contributed by atoms with Crippen LogP contribution in [0.15, 0.2) is 91.3 Å². The molecule has 8 heteroatoms. The molecule has 2 aromatic heterocycles. The fourth-order valence-corrected chi connectivity index (χ4v) is 6.58. The molecule has 200 valence electrons. The zero-order valence-electron chi connectivity index (χ0n) is 21.8. The molecule has 2 saturated carbocycles. The van der Waals surface area contributed by atoms with Crippen LogP contribution in [0.2, 0.25) is 5.02 Å². The molecule has 2 fully saturated rings. The van der Waals surface area contributed by atoms with Crippen LogP contribution in [0.3, 0.4) is 0 Å². The lowest BCUT2D eigenvalue weighted by atomic mass is 9.52. The van der Waals surface area contributed by atoms with E-state index in [0.29, 0.717) is 34.0 Å². The predicted octanol–water partition coefficient (Wildman–Crippen LogP) is 6.48. The van der Waals surface area contributed by atoms with E-state index in [1.165, 1.54) is 0 Å². The number of carbonyl (C=O) groups excluding carboxylic acids is 1. The number of nitrogens with zero attached hydrogens (tertiary/aromatic N) is 3. The Balaban J connectivity index is 1.03. The van der Waals surface area contributed by atoms with Crippen LogP contribution in [0.5, 0.6) is 0 Å². The van der Waals surface area contributed by atoms with Gasteiger partial charge >= 0.3 is 0 Å². The number of anilines is 2. The van der Waals surface area contributed by atoms with E-state index in [2.05, 4.69) is 50.6 Å². The van der Waals surface area contributed by atoms with Gasteiger partial charge in [0.1, 0.15) is 0 Å². The van der Waals surface area contributed by atoms with E-state index < -0.39 is 0 Å². The zero-order chi connectivity index (χ0) is 27.3. The molecule has 2 aliphatic carbocycles. The number of aromatic nitrogens is 3. The van der Waals surface area contributed by atoms with Crippen LogP contribution in [-0.4, -0.2) is 32.5 Å². The maximum absolute atomic E-state index is 12.5. The molecule has 0 bridgehead atoms. The number of nitrogen functional groups attached to an aromatic ring is 1. The van der Waals surface area contributed by atoms with Gasteiger partial charge in [0, 0.05) is 46.2 Å². The van der Waals surface area contributed by atoms with Crippen molar-refractivity contribution in [1.82, 2.24) is 19.9 Å². The number of hydrogen-bond acceptors (Lipinski definition) is 5. The van der Waals surface area contributed by atoms with Crippen molar-refractivity contribution in [3.63, 3.8) is 0 Å². The van der Waals surface area contributed by atoms with Crippen LogP contribution in [-0.2, 0) is 0 Å². The second kappa shape index (κ2) is 9.68. The maximum Gasteiger partial charge on any atom is 0.251 e. The first-order chi connectivity index (χ1) is 19.5. The molecule has 4 N–H and O–H groups in total. The summed E-state index contributed by atoms with van der Waals surface area (Å²) in [6.45, 7) is 0. The van der Waals surface area contributed by atoms with Crippen LogP contribution in [0.4, 0.5) is 11.6 Å². The fraction of sp³-hybridized carbons (Fsp3) is 0.219. The molecule has 1 spiro atoms. The molecule has 0 radical (unpaired) electrons. The lowest BCUT2D eigenvalue weighted by Crippen LogP contribution is -2.59. The van der Waals surface area contributed by atoms with Crippen molar-refractivity contribution >= 4 is 40.0 Å². The summed E-state index contributed by atoms with van der Waals surface area (Å²) in [5.74, 6) is 0.549. The van der Waals surface area contributed by atoms with Gasteiger partial charge in [-0.2, -0.15) is 0 Å². The van der Waals surface area contributed by atoms with Gasteiger partial charge in [0.15, 0.2) is 0 Å². The number of benzene rings is 3. The minimum atomic E-state index is -0.0374. The van der Waals surface area contributed by atoms with E-state index in [1.54, 1.807) is 30.5 Å². The molecule has 7 rings (SSSR count). The summed E-state index contributed by atoms with van der Waals surface area (Å²) in [7, 11) is 0. The minimum absolute atomic E-state index is 0.0374. The van der Waals surface area contributed by atoms with E-state index in [9.17, 15) is 4.79 Å². The van der Waals surface area contributed by atoms with Crippen molar-refractivity contribution in [2.45, 2.75) is 37.8 Å². The number of hydrogen-bond donors (Lipinski definition) is 3. The summed E-state index contributed by atoms with van der Waals surface area (Å²) < 4.78 is 2.17. The molecule has 0 unspecified atom stereocenters. The van der Waals surface area contributed by atoms with Crippen molar-refractivity contribution in [2.75, 3.05) is 11.1 Å². The Morgan fingerprint density at radius 3 is 2.40 bits per heavy atom. The molecule has 0 atom stereocenters. The van der Waals surface area contributed by atoms with Crippen LogP contribution >= 0.6 is 11.6 Å². The molecule has 2 heterocycles. The van der Waals surface area contributed by atoms with E-state index in [0.717, 1.165) is 47.8 Å². The number of amides is 1. The topological polar surface area (TPSA) is 97.9 Å². The van der Waals surface area contributed by atoms with Crippen LogP contribution < -0.4 is 16.4 Å². The molecule has 2 aliphatic rings. The quantitative estimate of drug-likeness (QED) is 0.211. The second-order valence-electron chi connectivity index (χ2n) is 11.1. The highest BCUT2D eigenvalue weighted by atomic mass is 35.5. The van der Waals surface area contributed by atoms with Gasteiger partial charge in [-0.25, -0.2) is 9.97 Å². The van der Waals surface area contributed by atoms with Gasteiger partial charge in [-0.05, 0) is 73.6 Å². The average molecular weight is 549 g/mol. The molecule has 40 heavy (non-hydrogen) atoms. The molecular weight excluding hydrogens is 520 g/mol. The standard InChI is InChI=1S/C32H29ClN6O/c33-27-18-35-31(37-23-16-32(17-23)14-22(15-32)36-30(40)20-10-12-21(34)13-11-20)38-29(27)26-19-39(24-6-2-1-3-7-24)28-9-5-4-8-25(26)28/h1-13,18-19,22-23H,14-17,34H2,(H,36,40)(H,35,37,38). The first kappa shape index (κ1) is 24.7. The van der Waals surface area contributed by atoms with Crippen LogP contribution in [0.25, 0.3) is 27.8 Å². The van der Waals surface area contributed by atoms with E-state index in [-0.39, 0.29) is 17.4 Å². The summed E-state index contributed by atoms with van der Waals surface area (Å²) in [6, 6.07) is 26.1. The molecule has 1 amide bonds. The molecule has 7 nitrogen and oxygen atoms in total. The highest BCUT2D eigenvalue weighted by Gasteiger charge is 2.53. The summed E-state index contributed by atoms with van der Waals surface area (Å²) >= 11 is 6.65. The number of nitrogens with one attached hydrogen (secondary N) is 2. The summed E-state index contributed by atoms with van der Waals surface area (Å²) in [6.07, 6.45) is 7.85. The smallest absolute Gasteiger partial charge is 0.251 e. The third-order valence-electron chi connectivity index (χ3n) is 8.30. The second-order valence-corrected chi connectivity index (χ2v) is 11.5. The molecule has 3 aromatic carbocycles. The Hall–Kier alpha value is -4.36. The van der Waals surface area contributed by atoms with E-state index >= 15 is 0 Å². The highest BCUT2D eigenvalue weighted by Crippen LogP contribution is 2.56. The van der Waals surface area contributed by atoms with Crippen LogP contribution in [0.1, 0.15) is 36.0 Å². The van der Waals surface area contributed by atoms with Gasteiger partial charge in [0.2, 0.25) is 5.95 Å². The first-order valence-corrected chi connectivity index (χ1v) is 14.0. The van der Waals surface area contributed by atoms with Gasteiger partial charge in [-0.15, -0.1) is 0 Å². The Bertz CT molecular complexity index is 1700. The van der Waals surface area contributed by atoms with E-state index in [4.69, 9.17) is 22.3 Å². The number of fused-ring (bicyclic) bond motifs is 1. The highest BCUT2D eigenvalue weighted by molar-refractivity contribution is 6.33. The van der Waals surface area contributed by atoms with Gasteiger partial charge in [0.25, 0.3) is 5.91 Å². The maximum atomic E-state index is 12.5. The Labute approximate surface area is 237 Å². The number of nitrogens with two attached hydrogens (primary N) is 1. The van der Waals surface area contributed by atoms with Gasteiger partial charge < -0.3 is 20.9 Å². The van der Waals surface area contributed by atoms with Gasteiger partial charge in [-0.1, -0.05) is 48.0 Å². The van der Waals surface area contributed by atoms with Crippen molar-refractivity contribution in [1.29, 1.82) is 0 Å². The third-order valence-corrected chi connectivity index (χ3v) is 8.58. The predicted molar refractivity (Wildman–Crippen MR) is 160 cm³/mol. The Morgan fingerprint density at radius 2 is 1.62 bits per heavy atom. The SMILES string of the molecule is Nc1ccc(C(=O)NC2CC3(C2)CC(Nc2ncc(Cl)c(-c4cn(-c5ccccc5)c5ccccc45)n2)C3)cc1. The van der Waals surface area contributed by atoms with E-state index in [1.807, 2.05) is 30.3 Å². The largest absolute Gasteiger partial charge is 0.399 e. The number of para-hydroxylation sites is 2. The van der Waals surface area contributed by atoms with Crippen molar-refractivity contribution in [3.8, 4) is 16.9 Å². The van der Waals surface area contributed by atoms with Crippen molar-refractivity contribution in [2.24, 2.45) is 5.41 Å². The van der Waals surface area contributed by atoms with Crippen LogP contribution in [0, 0.1) is 5.41 Å². The number of rotatable bonds is 6. The molecule has 5 aromatic rings. The molecular formula is C32H29ClN6O. The summed E-state index contributed by atoms with van der Waals surface area (Å²) in [4.78, 5) is 21.9. The van der Waals surface area contributed by atoms with Crippen molar-refractivity contribution in [3.05, 3.63) is 102 Å². The van der Waals surface area contributed by atoms with Gasteiger partial charge in [0.05, 0.1) is 22.4 Å². The van der Waals surface area contributed by atoms with Crippen molar-refractivity contribution < 1.29 is 4.79 Å². The lowest BCUT2D eigenvalue weighted by molar-refractivity contribution is -0.0103. The normalized spacial score (nSPS) is 21.5. The fourth-order valence-electron chi connectivity index (χ4n) is 6.39. The summed E-state index contributed by atoms with van der Waals surface area (Å²) in [5.41, 5.74) is 11.2. The average Bonchev–Trinajstić information content (AvgIpc) is 3.32. The molecule has 0 saturated heterocycles. The Kier molecular flexibility index (Phi) is 5.97. The van der Waals surface area contributed by atoms with Gasteiger partial charge in [-0.3, -0.25) is 4.79 Å². The Morgan fingerprint density at radius 1 is 0.925 bits per heavy atom.